The Balaban J connectivity index is 1.67. The topological polar surface area (TPSA) is 65.4 Å². The van der Waals surface area contributed by atoms with Crippen LogP contribution in [0.15, 0.2) is 48.7 Å². The second kappa shape index (κ2) is 6.55. The average Bonchev–Trinajstić information content (AvgIpc) is 3.24. The normalized spacial score (nSPS) is 14.8. The summed E-state index contributed by atoms with van der Waals surface area (Å²) in [5, 5.41) is 7.12. The Morgan fingerprint density at radius 3 is 2.81 bits per heavy atom. The van der Waals surface area contributed by atoms with Crippen molar-refractivity contribution in [1.29, 1.82) is 0 Å². The SMILES string of the molecule is [2H]C([2H])([2H])Oc1ccc(-c2cc3c(cc2OCc2ccn(C)n2)CNC3=O)cc1. The summed E-state index contributed by atoms with van der Waals surface area (Å²) in [6.07, 6.45) is 1.84. The van der Waals surface area contributed by atoms with Crippen molar-refractivity contribution in [1.82, 2.24) is 15.1 Å². The van der Waals surface area contributed by atoms with Crippen LogP contribution in [0.1, 0.15) is 25.7 Å². The van der Waals surface area contributed by atoms with Gasteiger partial charge < -0.3 is 14.8 Å². The molecule has 0 unspecified atom stereocenters. The second-order valence-corrected chi connectivity index (χ2v) is 6.08. The van der Waals surface area contributed by atoms with Crippen LogP contribution in [0.4, 0.5) is 0 Å². The number of fused-ring (bicyclic) bond motifs is 1. The van der Waals surface area contributed by atoms with Crippen molar-refractivity contribution in [2.75, 3.05) is 7.04 Å². The van der Waals surface area contributed by atoms with Crippen molar-refractivity contribution in [3.8, 4) is 22.6 Å². The largest absolute Gasteiger partial charge is 0.497 e. The lowest BCUT2D eigenvalue weighted by Gasteiger charge is -2.13. The fourth-order valence-corrected chi connectivity index (χ4v) is 2.99. The highest BCUT2D eigenvalue weighted by Crippen LogP contribution is 2.35. The highest BCUT2D eigenvalue weighted by Gasteiger charge is 2.22. The lowest BCUT2D eigenvalue weighted by molar-refractivity contribution is 0.0966. The van der Waals surface area contributed by atoms with Crippen molar-refractivity contribution in [2.45, 2.75) is 13.2 Å². The highest BCUT2D eigenvalue weighted by atomic mass is 16.5. The lowest BCUT2D eigenvalue weighted by atomic mass is 9.99. The third kappa shape index (κ3) is 3.01. The molecule has 0 bridgehead atoms. The number of carbonyl (C=O) groups is 1. The zero-order valence-corrected chi connectivity index (χ0v) is 14.2. The number of rotatable bonds is 5. The van der Waals surface area contributed by atoms with Crippen LogP contribution in [0, 0.1) is 0 Å². The van der Waals surface area contributed by atoms with Crippen molar-refractivity contribution in [3.05, 3.63) is 65.5 Å². The van der Waals surface area contributed by atoms with Gasteiger partial charge in [0.25, 0.3) is 5.91 Å². The molecule has 1 amide bonds. The van der Waals surface area contributed by atoms with Crippen LogP contribution >= 0.6 is 0 Å². The number of benzene rings is 2. The number of carbonyl (C=O) groups excluding carboxylic acids is 1. The minimum Gasteiger partial charge on any atom is -0.497 e. The van der Waals surface area contributed by atoms with E-state index in [0.29, 0.717) is 17.9 Å². The molecule has 1 aliphatic rings. The van der Waals surface area contributed by atoms with E-state index >= 15 is 0 Å². The molecule has 0 aliphatic carbocycles. The minimum absolute atomic E-state index is 0.125. The third-order valence-electron chi connectivity index (χ3n) is 4.32. The Hall–Kier alpha value is -3.28. The molecule has 6 heteroatoms. The second-order valence-electron chi connectivity index (χ2n) is 6.08. The van der Waals surface area contributed by atoms with E-state index in [9.17, 15) is 4.79 Å². The number of aromatic nitrogens is 2. The summed E-state index contributed by atoms with van der Waals surface area (Å²) >= 11 is 0. The van der Waals surface area contributed by atoms with E-state index in [-0.39, 0.29) is 18.3 Å². The summed E-state index contributed by atoms with van der Waals surface area (Å²) in [4.78, 5) is 12.1. The van der Waals surface area contributed by atoms with E-state index in [1.807, 2.05) is 25.4 Å². The first-order valence-electron chi connectivity index (χ1n) is 9.64. The molecule has 4 rings (SSSR count). The van der Waals surface area contributed by atoms with Gasteiger partial charge in [-0.15, -0.1) is 0 Å². The summed E-state index contributed by atoms with van der Waals surface area (Å²) < 4.78 is 34.3. The first-order chi connectivity index (χ1) is 13.8. The fourth-order valence-electron chi connectivity index (χ4n) is 2.99. The third-order valence-corrected chi connectivity index (χ3v) is 4.32. The van der Waals surface area contributed by atoms with Gasteiger partial charge in [0.2, 0.25) is 0 Å². The maximum absolute atomic E-state index is 12.1. The molecule has 0 spiro atoms. The van der Waals surface area contributed by atoms with Gasteiger partial charge in [0.1, 0.15) is 18.1 Å². The van der Waals surface area contributed by atoms with E-state index in [4.69, 9.17) is 13.6 Å². The molecule has 0 saturated heterocycles. The number of methoxy groups -OCH3 is 1. The van der Waals surface area contributed by atoms with Crippen molar-refractivity contribution < 1.29 is 18.4 Å². The Morgan fingerprint density at radius 1 is 1.23 bits per heavy atom. The molecule has 0 saturated carbocycles. The van der Waals surface area contributed by atoms with Gasteiger partial charge in [0.15, 0.2) is 0 Å². The van der Waals surface area contributed by atoms with Crippen LogP contribution in [0.3, 0.4) is 0 Å². The van der Waals surface area contributed by atoms with E-state index in [2.05, 4.69) is 10.4 Å². The molecule has 6 nitrogen and oxygen atoms in total. The van der Waals surface area contributed by atoms with Gasteiger partial charge in [0, 0.05) is 30.9 Å². The smallest absolute Gasteiger partial charge is 0.251 e. The van der Waals surface area contributed by atoms with E-state index in [1.54, 1.807) is 35.0 Å². The average molecular weight is 352 g/mol. The van der Waals surface area contributed by atoms with Crippen LogP contribution in [0.2, 0.25) is 0 Å². The standard InChI is InChI=1S/C20H19N3O3/c1-23-8-7-15(22-23)12-26-19-9-14-11-21-20(24)18(14)10-17(19)13-3-5-16(25-2)6-4-13/h3-10H,11-12H2,1-2H3,(H,21,24)/i2D3. The zero-order chi connectivity index (χ0) is 20.6. The van der Waals surface area contributed by atoms with E-state index in [1.165, 1.54) is 0 Å². The maximum atomic E-state index is 12.1. The number of amides is 1. The Labute approximate surface area is 155 Å². The molecule has 26 heavy (non-hydrogen) atoms. The van der Waals surface area contributed by atoms with Gasteiger partial charge in [-0.1, -0.05) is 12.1 Å². The monoisotopic (exact) mass is 352 g/mol. The summed E-state index contributed by atoms with van der Waals surface area (Å²) in [5.41, 5.74) is 3.78. The van der Waals surface area contributed by atoms with Crippen molar-refractivity contribution >= 4 is 5.91 Å². The Kier molecular flexibility index (Phi) is 3.28. The Bertz CT molecular complexity index is 1060. The van der Waals surface area contributed by atoms with Crippen molar-refractivity contribution in [3.63, 3.8) is 0 Å². The van der Waals surface area contributed by atoms with Crippen molar-refractivity contribution in [2.24, 2.45) is 7.05 Å². The molecule has 0 fully saturated rings. The zero-order valence-electron chi connectivity index (χ0n) is 17.2. The Morgan fingerprint density at radius 2 is 2.08 bits per heavy atom. The van der Waals surface area contributed by atoms with Gasteiger partial charge in [-0.3, -0.25) is 9.48 Å². The first-order valence-corrected chi connectivity index (χ1v) is 8.14. The summed E-state index contributed by atoms with van der Waals surface area (Å²) in [6, 6.07) is 12.2. The fraction of sp³-hybridized carbons (Fsp3) is 0.200. The molecule has 2 heterocycles. The lowest BCUT2D eigenvalue weighted by Crippen LogP contribution is -2.12. The molecule has 2 aromatic carbocycles. The number of aryl methyl sites for hydroxylation is 1. The summed E-state index contributed by atoms with van der Waals surface area (Å²) in [5.74, 6) is 0.735. The minimum atomic E-state index is -2.51. The highest BCUT2D eigenvalue weighted by molar-refractivity contribution is 6.00. The van der Waals surface area contributed by atoms with Crippen LogP contribution in [-0.4, -0.2) is 22.7 Å². The van der Waals surface area contributed by atoms with Gasteiger partial charge in [-0.05, 0) is 41.5 Å². The molecular formula is C20H19N3O3. The van der Waals surface area contributed by atoms with Crippen LogP contribution < -0.4 is 14.8 Å². The predicted molar refractivity (Wildman–Crippen MR) is 97.1 cm³/mol. The van der Waals surface area contributed by atoms with Crippen LogP contribution in [0.25, 0.3) is 11.1 Å². The molecule has 1 aromatic heterocycles. The molecule has 132 valence electrons. The quantitative estimate of drug-likeness (QED) is 0.767. The number of hydrogen-bond donors (Lipinski definition) is 1. The molecule has 1 N–H and O–H groups in total. The number of ether oxygens (including phenoxy) is 2. The molecule has 0 atom stereocenters. The number of hydrogen-bond acceptors (Lipinski definition) is 4. The van der Waals surface area contributed by atoms with E-state index in [0.717, 1.165) is 22.4 Å². The molecule has 0 radical (unpaired) electrons. The van der Waals surface area contributed by atoms with E-state index < -0.39 is 7.04 Å². The molecule has 1 aliphatic heterocycles. The summed E-state index contributed by atoms with van der Waals surface area (Å²) in [7, 11) is -0.672. The number of nitrogens with zero attached hydrogens (tertiary/aromatic N) is 2. The first kappa shape index (κ1) is 13.0. The van der Waals surface area contributed by atoms with Crippen LogP contribution in [-0.2, 0) is 20.2 Å². The van der Waals surface area contributed by atoms with Gasteiger partial charge >= 0.3 is 0 Å². The van der Waals surface area contributed by atoms with Gasteiger partial charge in [-0.25, -0.2) is 0 Å². The maximum Gasteiger partial charge on any atom is 0.251 e. The van der Waals surface area contributed by atoms with Gasteiger partial charge in [-0.2, -0.15) is 5.10 Å². The molecular weight excluding hydrogens is 330 g/mol. The van der Waals surface area contributed by atoms with Gasteiger partial charge in [0.05, 0.1) is 16.8 Å². The number of nitrogens with one attached hydrogen (secondary N) is 1. The molecule has 3 aromatic rings. The summed E-state index contributed by atoms with van der Waals surface area (Å²) in [6.45, 7) is 0.744. The van der Waals surface area contributed by atoms with Crippen LogP contribution in [0.5, 0.6) is 11.5 Å². The predicted octanol–water partition coefficient (Wildman–Crippen LogP) is 2.92.